The molecule has 0 aliphatic heterocycles. The monoisotopic (exact) mass is 442 g/mol. The highest BCUT2D eigenvalue weighted by Crippen LogP contribution is 2.29. The lowest BCUT2D eigenvalue weighted by Gasteiger charge is -2.13. The molecule has 0 aliphatic carbocycles. The Morgan fingerprint density at radius 2 is 1.50 bits per heavy atom. The Kier molecular flexibility index (Phi) is 6.42. The van der Waals surface area contributed by atoms with E-state index in [1.54, 1.807) is 24.4 Å². The SMILES string of the molecule is C=Cc1ccc(-c2c(-c3ccc(C[SH](=O)=O)cc3)cnn(Cc3ccccc3)c2=O)cc1. The average Bonchev–Trinajstić information content (AvgIpc) is 2.81. The molecular weight excluding hydrogens is 420 g/mol. The molecule has 3 aromatic carbocycles. The molecule has 160 valence electrons. The number of hydrogen-bond donors (Lipinski definition) is 1. The normalized spacial score (nSPS) is 10.9. The Morgan fingerprint density at radius 1 is 0.844 bits per heavy atom. The molecule has 1 aromatic heterocycles. The molecule has 0 saturated carbocycles. The van der Waals surface area contributed by atoms with Gasteiger partial charge in [0.2, 0.25) is 0 Å². The highest BCUT2D eigenvalue weighted by Gasteiger charge is 2.15. The summed E-state index contributed by atoms with van der Waals surface area (Å²) < 4.78 is 23.5. The lowest BCUT2D eigenvalue weighted by atomic mass is 9.96. The van der Waals surface area contributed by atoms with E-state index in [2.05, 4.69) is 11.7 Å². The minimum Gasteiger partial charge on any atom is -0.267 e. The first-order valence-corrected chi connectivity index (χ1v) is 11.5. The summed E-state index contributed by atoms with van der Waals surface area (Å²) in [4.78, 5) is 13.5. The first-order valence-electron chi connectivity index (χ1n) is 10.1. The number of rotatable bonds is 7. The molecule has 0 radical (unpaired) electrons. The van der Waals surface area contributed by atoms with Gasteiger partial charge in [-0.3, -0.25) is 4.79 Å². The first kappa shape index (κ1) is 21.5. The second kappa shape index (κ2) is 9.58. The molecule has 0 saturated heterocycles. The van der Waals surface area contributed by atoms with Crippen molar-refractivity contribution >= 4 is 16.8 Å². The molecule has 0 bridgehead atoms. The second-order valence-corrected chi connectivity index (χ2v) is 8.38. The van der Waals surface area contributed by atoms with E-state index < -0.39 is 10.7 Å². The standard InChI is InChI=1S/C26H22N2O3S/c1-2-19-8-14-23(15-9-19)25-24(22-12-10-21(11-13-22)18-32(30)31)16-27-28(26(25)29)17-20-6-4-3-5-7-20/h2-16,32H,1,17-18H2. The van der Waals surface area contributed by atoms with Gasteiger partial charge in [0.1, 0.15) is 10.7 Å². The molecule has 0 amide bonds. The topological polar surface area (TPSA) is 69.0 Å². The fraction of sp³-hybridized carbons (Fsp3) is 0.0769. The largest absolute Gasteiger partial charge is 0.275 e. The third-order valence-corrected chi connectivity index (χ3v) is 5.85. The Labute approximate surface area is 188 Å². The van der Waals surface area contributed by atoms with Crippen LogP contribution in [0.15, 0.2) is 96.4 Å². The second-order valence-electron chi connectivity index (χ2n) is 7.40. The predicted octanol–water partition coefficient (Wildman–Crippen LogP) is 4.38. The van der Waals surface area contributed by atoms with Gasteiger partial charge in [0.05, 0.1) is 24.1 Å². The highest BCUT2D eigenvalue weighted by atomic mass is 32.2. The van der Waals surface area contributed by atoms with Gasteiger partial charge in [0, 0.05) is 5.56 Å². The van der Waals surface area contributed by atoms with Gasteiger partial charge in [0.15, 0.2) is 0 Å². The van der Waals surface area contributed by atoms with Crippen molar-refractivity contribution in [1.29, 1.82) is 0 Å². The van der Waals surface area contributed by atoms with Crippen LogP contribution < -0.4 is 5.56 Å². The van der Waals surface area contributed by atoms with Crippen LogP contribution in [0.3, 0.4) is 0 Å². The summed E-state index contributed by atoms with van der Waals surface area (Å²) in [6.45, 7) is 4.15. The fourth-order valence-electron chi connectivity index (χ4n) is 3.58. The third-order valence-electron chi connectivity index (χ3n) is 5.23. The van der Waals surface area contributed by atoms with Gasteiger partial charge in [0.25, 0.3) is 5.56 Å². The third kappa shape index (κ3) is 4.76. The summed E-state index contributed by atoms with van der Waals surface area (Å²) in [5.74, 6) is -0.0115. The molecule has 0 unspecified atom stereocenters. The van der Waals surface area contributed by atoms with Crippen molar-refractivity contribution in [3.05, 3.63) is 119 Å². The van der Waals surface area contributed by atoms with Crippen LogP contribution in [-0.2, 0) is 23.0 Å². The van der Waals surface area contributed by atoms with Gasteiger partial charge in [-0.2, -0.15) is 5.10 Å². The van der Waals surface area contributed by atoms with Crippen molar-refractivity contribution in [2.45, 2.75) is 12.3 Å². The maximum Gasteiger partial charge on any atom is 0.275 e. The fourth-order valence-corrected chi connectivity index (χ4v) is 4.09. The Hall–Kier alpha value is -3.77. The molecule has 6 heteroatoms. The van der Waals surface area contributed by atoms with E-state index in [1.165, 1.54) is 4.68 Å². The maximum atomic E-state index is 13.5. The van der Waals surface area contributed by atoms with E-state index in [-0.39, 0.29) is 11.3 Å². The Balaban J connectivity index is 1.84. The minimum absolute atomic E-state index is 0.0115. The summed E-state index contributed by atoms with van der Waals surface area (Å²) in [5.41, 5.74) is 5.29. The van der Waals surface area contributed by atoms with Gasteiger partial charge in [-0.05, 0) is 27.8 Å². The van der Waals surface area contributed by atoms with E-state index >= 15 is 0 Å². The molecule has 1 heterocycles. The predicted molar refractivity (Wildman–Crippen MR) is 129 cm³/mol. The van der Waals surface area contributed by atoms with E-state index in [1.807, 2.05) is 66.7 Å². The van der Waals surface area contributed by atoms with Gasteiger partial charge in [-0.15, -0.1) is 0 Å². The molecular formula is C26H22N2O3S. The first-order chi connectivity index (χ1) is 15.5. The molecule has 32 heavy (non-hydrogen) atoms. The van der Waals surface area contributed by atoms with Gasteiger partial charge in [-0.1, -0.05) is 91.5 Å². The molecule has 0 atom stereocenters. The van der Waals surface area contributed by atoms with Crippen LogP contribution in [-0.4, -0.2) is 18.2 Å². The van der Waals surface area contributed by atoms with Gasteiger partial charge >= 0.3 is 0 Å². The van der Waals surface area contributed by atoms with Crippen LogP contribution >= 0.6 is 0 Å². The minimum atomic E-state index is -2.50. The van der Waals surface area contributed by atoms with Crippen LogP contribution in [0, 0.1) is 0 Å². The zero-order valence-corrected chi connectivity index (χ0v) is 18.2. The van der Waals surface area contributed by atoms with E-state index in [4.69, 9.17) is 0 Å². The summed E-state index contributed by atoms with van der Waals surface area (Å²) in [7, 11) is -2.50. The summed E-state index contributed by atoms with van der Waals surface area (Å²) >= 11 is 0. The Morgan fingerprint density at radius 3 is 2.12 bits per heavy atom. The number of hydrogen-bond acceptors (Lipinski definition) is 4. The van der Waals surface area contributed by atoms with Crippen molar-refractivity contribution in [1.82, 2.24) is 9.78 Å². The van der Waals surface area contributed by atoms with E-state index in [0.717, 1.165) is 22.3 Å². The number of thiol groups is 1. The van der Waals surface area contributed by atoms with Crippen molar-refractivity contribution in [2.24, 2.45) is 0 Å². The Bertz CT molecular complexity index is 1360. The number of aromatic nitrogens is 2. The lowest BCUT2D eigenvalue weighted by molar-refractivity contribution is 0.614. The molecule has 4 aromatic rings. The molecule has 5 nitrogen and oxygen atoms in total. The van der Waals surface area contributed by atoms with E-state index in [0.29, 0.717) is 23.2 Å². The van der Waals surface area contributed by atoms with Gasteiger partial charge in [-0.25, -0.2) is 13.1 Å². The molecule has 0 spiro atoms. The van der Waals surface area contributed by atoms with Gasteiger partial charge < -0.3 is 0 Å². The van der Waals surface area contributed by atoms with Crippen LogP contribution in [0.5, 0.6) is 0 Å². The quantitative estimate of drug-likeness (QED) is 0.431. The van der Waals surface area contributed by atoms with Crippen molar-refractivity contribution < 1.29 is 8.42 Å². The van der Waals surface area contributed by atoms with Crippen molar-refractivity contribution in [3.63, 3.8) is 0 Å². The maximum absolute atomic E-state index is 13.5. The summed E-state index contributed by atoms with van der Waals surface area (Å²) in [6, 6.07) is 24.5. The number of nitrogens with zero attached hydrogens (tertiary/aromatic N) is 2. The zero-order chi connectivity index (χ0) is 22.5. The number of benzene rings is 3. The molecule has 0 aliphatic rings. The van der Waals surface area contributed by atoms with E-state index in [9.17, 15) is 13.2 Å². The summed E-state index contributed by atoms with van der Waals surface area (Å²) in [6.07, 6.45) is 3.45. The highest BCUT2D eigenvalue weighted by molar-refractivity contribution is 7.71. The lowest BCUT2D eigenvalue weighted by Crippen LogP contribution is -2.25. The van der Waals surface area contributed by atoms with Crippen molar-refractivity contribution in [3.8, 4) is 22.3 Å². The molecule has 0 fully saturated rings. The van der Waals surface area contributed by atoms with Crippen LogP contribution in [0.25, 0.3) is 28.3 Å². The van der Waals surface area contributed by atoms with Crippen LogP contribution in [0.1, 0.15) is 16.7 Å². The van der Waals surface area contributed by atoms with Crippen molar-refractivity contribution in [2.75, 3.05) is 0 Å². The molecule has 0 N–H and O–H groups in total. The van der Waals surface area contributed by atoms with Crippen LogP contribution in [0.4, 0.5) is 0 Å². The van der Waals surface area contributed by atoms with Crippen LogP contribution in [0.2, 0.25) is 0 Å². The smallest absolute Gasteiger partial charge is 0.267 e. The average molecular weight is 443 g/mol. The molecule has 4 rings (SSSR count). The zero-order valence-electron chi connectivity index (χ0n) is 17.3. The summed E-state index contributed by atoms with van der Waals surface area (Å²) in [5, 5.41) is 4.43.